The molecule has 2 rings (SSSR count). The number of likely N-dealkylation sites (tertiary alicyclic amines) is 1. The number of esters is 1. The zero-order chi connectivity index (χ0) is 19.3. The average Bonchev–Trinajstić information content (AvgIpc) is 2.87. The van der Waals surface area contributed by atoms with Gasteiger partial charge in [0, 0.05) is 12.5 Å². The van der Waals surface area contributed by atoms with Gasteiger partial charge in [0.05, 0.1) is 13.2 Å². The molecule has 0 bridgehead atoms. The van der Waals surface area contributed by atoms with Gasteiger partial charge in [-0.1, -0.05) is 34.6 Å². The number of carbonyl (C=O) groups is 3. The fourth-order valence-corrected chi connectivity index (χ4v) is 3.99. The molecule has 1 aliphatic carbocycles. The van der Waals surface area contributed by atoms with Crippen molar-refractivity contribution in [2.75, 3.05) is 13.7 Å². The third-order valence-electron chi connectivity index (χ3n) is 5.75. The highest BCUT2D eigenvalue weighted by Crippen LogP contribution is 2.65. The summed E-state index contributed by atoms with van der Waals surface area (Å²) in [6.07, 6.45) is 0. The number of halogens is 1. The van der Waals surface area contributed by atoms with Crippen LogP contribution in [0.25, 0.3) is 0 Å². The number of piperidine rings is 1. The third kappa shape index (κ3) is 3.83. The lowest BCUT2D eigenvalue weighted by Crippen LogP contribution is -2.59. The van der Waals surface area contributed by atoms with E-state index < -0.39 is 29.5 Å². The SMILES string of the molecule is COC(=O)[C@@H]1[C@@H]2[C@H](CN1C(=O)[C@@H](NC(=O)[C@H](C)N)C(C)(C)C)C2(C)C.Cl. The Balaban J connectivity index is 0.00000338. The van der Waals surface area contributed by atoms with Crippen molar-refractivity contribution >= 4 is 30.2 Å². The number of carbonyl (C=O) groups excluding carboxylic acids is 3. The minimum absolute atomic E-state index is 0. The standard InChI is InChI=1S/C18H31N3O4.ClH/c1-9(19)14(22)20-13(17(2,3)4)15(23)21-8-10-11(18(10,5)6)12(21)16(24)25-7;/h9-13H,8,19H2,1-7H3,(H,20,22);1H/t9-,10-,11-,12-,13+;/m0./s1. The molecule has 0 unspecified atom stereocenters. The van der Waals surface area contributed by atoms with Crippen LogP contribution in [0.1, 0.15) is 41.5 Å². The zero-order valence-electron chi connectivity index (χ0n) is 16.7. The lowest BCUT2D eigenvalue weighted by atomic mass is 9.85. The number of hydrogen-bond acceptors (Lipinski definition) is 5. The largest absolute Gasteiger partial charge is 0.467 e. The summed E-state index contributed by atoms with van der Waals surface area (Å²) in [6, 6.07) is -2.05. The van der Waals surface area contributed by atoms with E-state index in [2.05, 4.69) is 19.2 Å². The van der Waals surface area contributed by atoms with E-state index in [1.54, 1.807) is 11.8 Å². The van der Waals surface area contributed by atoms with Gasteiger partial charge >= 0.3 is 5.97 Å². The summed E-state index contributed by atoms with van der Waals surface area (Å²) >= 11 is 0. The number of nitrogens with two attached hydrogens (primary N) is 1. The molecule has 150 valence electrons. The first-order valence-corrected chi connectivity index (χ1v) is 8.78. The van der Waals surface area contributed by atoms with Crippen molar-refractivity contribution in [1.29, 1.82) is 0 Å². The molecule has 0 aromatic carbocycles. The van der Waals surface area contributed by atoms with Gasteiger partial charge < -0.3 is 20.7 Å². The molecule has 2 fully saturated rings. The van der Waals surface area contributed by atoms with Crippen molar-refractivity contribution in [3.05, 3.63) is 0 Å². The number of methoxy groups -OCH3 is 1. The van der Waals surface area contributed by atoms with E-state index in [0.717, 1.165) is 0 Å². The number of ether oxygens (including phenoxy) is 1. The maximum Gasteiger partial charge on any atom is 0.328 e. The molecule has 0 spiro atoms. The van der Waals surface area contributed by atoms with Crippen LogP contribution in [0.3, 0.4) is 0 Å². The van der Waals surface area contributed by atoms with E-state index >= 15 is 0 Å². The molecule has 0 radical (unpaired) electrons. The first-order chi connectivity index (χ1) is 11.3. The maximum absolute atomic E-state index is 13.2. The zero-order valence-corrected chi connectivity index (χ0v) is 17.5. The van der Waals surface area contributed by atoms with Crippen LogP contribution in [0.2, 0.25) is 0 Å². The van der Waals surface area contributed by atoms with E-state index in [1.165, 1.54) is 7.11 Å². The molecule has 1 aliphatic heterocycles. The fraction of sp³-hybridized carbons (Fsp3) is 0.833. The van der Waals surface area contributed by atoms with Gasteiger partial charge in [0.1, 0.15) is 12.1 Å². The van der Waals surface area contributed by atoms with Gasteiger partial charge in [0.25, 0.3) is 0 Å². The fourth-order valence-electron chi connectivity index (χ4n) is 3.99. The van der Waals surface area contributed by atoms with E-state index in [4.69, 9.17) is 10.5 Å². The summed E-state index contributed by atoms with van der Waals surface area (Å²) < 4.78 is 4.95. The highest BCUT2D eigenvalue weighted by molar-refractivity contribution is 5.93. The Bertz CT molecular complexity index is 585. The Hall–Kier alpha value is -1.34. The Morgan fingerprint density at radius 1 is 1.27 bits per heavy atom. The van der Waals surface area contributed by atoms with Gasteiger partial charge in [-0.15, -0.1) is 12.4 Å². The average molecular weight is 390 g/mol. The Labute approximate surface area is 161 Å². The summed E-state index contributed by atoms with van der Waals surface area (Å²) in [5.41, 5.74) is 5.15. The Morgan fingerprint density at radius 3 is 2.23 bits per heavy atom. The summed E-state index contributed by atoms with van der Waals surface area (Å²) in [4.78, 5) is 39.2. The van der Waals surface area contributed by atoms with Gasteiger partial charge in [0.2, 0.25) is 11.8 Å². The van der Waals surface area contributed by atoms with Crippen molar-refractivity contribution in [2.24, 2.45) is 28.4 Å². The lowest BCUT2D eigenvalue weighted by molar-refractivity contribution is -0.155. The van der Waals surface area contributed by atoms with Crippen molar-refractivity contribution in [3.63, 3.8) is 0 Å². The normalized spacial score (nSPS) is 28.3. The number of hydrogen-bond donors (Lipinski definition) is 2. The van der Waals surface area contributed by atoms with E-state index in [1.807, 2.05) is 20.8 Å². The predicted octanol–water partition coefficient (Wildman–Crippen LogP) is 0.942. The van der Waals surface area contributed by atoms with Gasteiger partial charge in [-0.2, -0.15) is 0 Å². The summed E-state index contributed by atoms with van der Waals surface area (Å²) in [7, 11) is 1.34. The van der Waals surface area contributed by atoms with Crippen LogP contribution in [0.4, 0.5) is 0 Å². The molecule has 5 atom stereocenters. The molecule has 2 amide bonds. The molecule has 26 heavy (non-hydrogen) atoms. The summed E-state index contributed by atoms with van der Waals surface area (Å²) in [5, 5.41) is 2.75. The van der Waals surface area contributed by atoms with E-state index in [-0.39, 0.29) is 41.5 Å². The van der Waals surface area contributed by atoms with Gasteiger partial charge in [-0.3, -0.25) is 9.59 Å². The van der Waals surface area contributed by atoms with Crippen LogP contribution in [-0.4, -0.2) is 54.5 Å². The molecule has 2 aliphatic rings. The Kier molecular flexibility index (Phi) is 6.42. The monoisotopic (exact) mass is 389 g/mol. The summed E-state index contributed by atoms with van der Waals surface area (Å²) in [6.45, 7) is 11.9. The first-order valence-electron chi connectivity index (χ1n) is 8.78. The number of amides is 2. The van der Waals surface area contributed by atoms with Crippen LogP contribution in [-0.2, 0) is 19.1 Å². The van der Waals surface area contributed by atoms with Crippen LogP contribution < -0.4 is 11.1 Å². The second kappa shape index (κ2) is 7.35. The number of rotatable bonds is 4. The van der Waals surface area contributed by atoms with Crippen molar-refractivity contribution < 1.29 is 19.1 Å². The molecule has 3 N–H and O–H groups in total. The number of nitrogens with zero attached hydrogens (tertiary/aromatic N) is 1. The van der Waals surface area contributed by atoms with Gasteiger partial charge in [-0.05, 0) is 23.7 Å². The third-order valence-corrected chi connectivity index (χ3v) is 5.75. The van der Waals surface area contributed by atoms with Crippen LogP contribution in [0, 0.1) is 22.7 Å². The van der Waals surface area contributed by atoms with Crippen molar-refractivity contribution in [1.82, 2.24) is 10.2 Å². The van der Waals surface area contributed by atoms with Crippen LogP contribution in [0.15, 0.2) is 0 Å². The quantitative estimate of drug-likeness (QED) is 0.697. The Morgan fingerprint density at radius 2 is 1.81 bits per heavy atom. The molecule has 1 saturated heterocycles. The molecule has 7 nitrogen and oxygen atoms in total. The number of fused-ring (bicyclic) bond motifs is 1. The molecule has 0 aromatic heterocycles. The highest BCUT2D eigenvalue weighted by atomic mass is 35.5. The van der Waals surface area contributed by atoms with Crippen LogP contribution >= 0.6 is 12.4 Å². The highest BCUT2D eigenvalue weighted by Gasteiger charge is 2.70. The van der Waals surface area contributed by atoms with Gasteiger partial charge in [0.15, 0.2) is 0 Å². The van der Waals surface area contributed by atoms with Crippen LogP contribution in [0.5, 0.6) is 0 Å². The van der Waals surface area contributed by atoms with Crippen molar-refractivity contribution in [3.8, 4) is 0 Å². The molecular weight excluding hydrogens is 358 g/mol. The molecule has 0 aromatic rings. The van der Waals surface area contributed by atoms with E-state index in [9.17, 15) is 14.4 Å². The second-order valence-electron chi connectivity index (χ2n) is 9.01. The predicted molar refractivity (Wildman–Crippen MR) is 101 cm³/mol. The van der Waals surface area contributed by atoms with Gasteiger partial charge in [-0.25, -0.2) is 4.79 Å². The molecule has 1 heterocycles. The first kappa shape index (κ1) is 22.7. The summed E-state index contributed by atoms with van der Waals surface area (Å²) in [5.74, 6) is -0.635. The second-order valence-corrected chi connectivity index (χ2v) is 9.01. The molecule has 8 heteroatoms. The lowest BCUT2D eigenvalue weighted by Gasteiger charge is -2.37. The molecular formula is C18H32ClN3O4. The maximum atomic E-state index is 13.2. The van der Waals surface area contributed by atoms with E-state index in [0.29, 0.717) is 6.54 Å². The molecule has 1 saturated carbocycles. The number of nitrogens with one attached hydrogen (secondary N) is 1. The smallest absolute Gasteiger partial charge is 0.328 e. The minimum atomic E-state index is -0.751. The minimum Gasteiger partial charge on any atom is -0.467 e. The topological polar surface area (TPSA) is 102 Å². The van der Waals surface area contributed by atoms with Crippen molar-refractivity contribution in [2.45, 2.75) is 59.7 Å².